The lowest BCUT2D eigenvalue weighted by molar-refractivity contribution is 0.102. The van der Waals surface area contributed by atoms with Crippen molar-refractivity contribution in [2.45, 2.75) is 6.54 Å². The van der Waals surface area contributed by atoms with Crippen molar-refractivity contribution in [2.24, 2.45) is 0 Å². The zero-order valence-corrected chi connectivity index (χ0v) is 14.8. The van der Waals surface area contributed by atoms with Gasteiger partial charge in [-0.05, 0) is 23.8 Å². The van der Waals surface area contributed by atoms with E-state index in [4.69, 9.17) is 16.3 Å². The minimum atomic E-state index is -0.379. The molecule has 7 heteroatoms. The molecule has 0 saturated carbocycles. The van der Waals surface area contributed by atoms with E-state index in [9.17, 15) is 4.79 Å². The van der Waals surface area contributed by atoms with Gasteiger partial charge in [0, 0.05) is 17.6 Å². The highest BCUT2D eigenvalue weighted by Crippen LogP contribution is 2.28. The number of carbonyl (C=O) groups is 1. The summed E-state index contributed by atoms with van der Waals surface area (Å²) in [6.45, 7) is 0.598. The second-order valence-electron chi connectivity index (χ2n) is 5.43. The van der Waals surface area contributed by atoms with Crippen LogP contribution in [-0.4, -0.2) is 23.0 Å². The molecular formula is C19H17ClN4O2. The molecule has 0 aliphatic carbocycles. The molecule has 2 aromatic carbocycles. The number of nitrogens with one attached hydrogen (secondary N) is 2. The first-order valence-electron chi connectivity index (χ1n) is 7.90. The van der Waals surface area contributed by atoms with Gasteiger partial charge in [-0.3, -0.25) is 4.79 Å². The fourth-order valence-electron chi connectivity index (χ4n) is 2.33. The van der Waals surface area contributed by atoms with E-state index in [-0.39, 0.29) is 11.6 Å². The van der Waals surface area contributed by atoms with Crippen molar-refractivity contribution >= 4 is 29.0 Å². The molecule has 26 heavy (non-hydrogen) atoms. The lowest BCUT2D eigenvalue weighted by Gasteiger charge is -2.11. The average Bonchev–Trinajstić information content (AvgIpc) is 2.67. The van der Waals surface area contributed by atoms with Crippen LogP contribution in [0.25, 0.3) is 0 Å². The van der Waals surface area contributed by atoms with Crippen molar-refractivity contribution in [3.05, 3.63) is 77.2 Å². The summed E-state index contributed by atoms with van der Waals surface area (Å²) in [5.41, 5.74) is 1.82. The Morgan fingerprint density at radius 3 is 2.69 bits per heavy atom. The summed E-state index contributed by atoms with van der Waals surface area (Å²) in [6.07, 6.45) is 1.34. The maximum atomic E-state index is 12.5. The molecule has 1 aromatic heterocycles. The Bertz CT molecular complexity index is 903. The molecule has 0 bridgehead atoms. The van der Waals surface area contributed by atoms with Crippen LogP contribution in [0.15, 0.2) is 60.9 Å². The molecule has 3 aromatic rings. The maximum absolute atomic E-state index is 12.5. The number of halogens is 1. The first-order valence-corrected chi connectivity index (χ1v) is 8.28. The van der Waals surface area contributed by atoms with Gasteiger partial charge >= 0.3 is 0 Å². The third-order valence-electron chi connectivity index (χ3n) is 3.63. The second-order valence-corrected chi connectivity index (χ2v) is 5.86. The predicted molar refractivity (Wildman–Crippen MR) is 102 cm³/mol. The van der Waals surface area contributed by atoms with Crippen LogP contribution in [0.4, 0.5) is 11.5 Å². The lowest BCUT2D eigenvalue weighted by Crippen LogP contribution is -2.15. The monoisotopic (exact) mass is 368 g/mol. The van der Waals surface area contributed by atoms with E-state index >= 15 is 0 Å². The Hall–Kier alpha value is -3.12. The summed E-state index contributed by atoms with van der Waals surface area (Å²) in [7, 11) is 1.52. The third-order valence-corrected chi connectivity index (χ3v) is 3.86. The molecule has 0 fully saturated rings. The molecule has 132 valence electrons. The van der Waals surface area contributed by atoms with Gasteiger partial charge in [0.25, 0.3) is 5.91 Å². The number of methoxy groups -OCH3 is 1. The van der Waals surface area contributed by atoms with E-state index in [1.807, 2.05) is 30.3 Å². The molecule has 0 atom stereocenters. The number of ether oxygens (including phenoxy) is 1. The van der Waals surface area contributed by atoms with Crippen molar-refractivity contribution in [1.29, 1.82) is 0 Å². The zero-order valence-electron chi connectivity index (χ0n) is 14.1. The summed E-state index contributed by atoms with van der Waals surface area (Å²) >= 11 is 5.99. The van der Waals surface area contributed by atoms with Crippen LogP contribution in [-0.2, 0) is 6.54 Å². The fourth-order valence-corrected chi connectivity index (χ4v) is 2.50. The molecule has 2 N–H and O–H groups in total. The van der Waals surface area contributed by atoms with Gasteiger partial charge in [0.2, 0.25) is 0 Å². The van der Waals surface area contributed by atoms with Crippen LogP contribution in [0.2, 0.25) is 5.02 Å². The van der Waals surface area contributed by atoms with Crippen molar-refractivity contribution in [1.82, 2.24) is 9.97 Å². The summed E-state index contributed by atoms with van der Waals surface area (Å²) in [6, 6.07) is 16.5. The van der Waals surface area contributed by atoms with Crippen molar-refractivity contribution < 1.29 is 9.53 Å². The van der Waals surface area contributed by atoms with E-state index in [0.29, 0.717) is 28.8 Å². The zero-order chi connectivity index (χ0) is 18.4. The average molecular weight is 369 g/mol. The van der Waals surface area contributed by atoms with Crippen molar-refractivity contribution in [2.75, 3.05) is 17.7 Å². The molecule has 1 heterocycles. The first-order chi connectivity index (χ1) is 12.7. The summed E-state index contributed by atoms with van der Waals surface area (Å²) in [5.74, 6) is 0.696. The van der Waals surface area contributed by atoms with Crippen LogP contribution in [0.3, 0.4) is 0 Å². The highest BCUT2D eigenvalue weighted by molar-refractivity contribution is 6.31. The van der Waals surface area contributed by atoms with E-state index in [0.717, 1.165) is 5.56 Å². The quantitative estimate of drug-likeness (QED) is 0.687. The Morgan fingerprint density at radius 1 is 1.12 bits per heavy atom. The van der Waals surface area contributed by atoms with Gasteiger partial charge in [-0.2, -0.15) is 0 Å². The summed E-state index contributed by atoms with van der Waals surface area (Å²) < 4.78 is 5.23. The van der Waals surface area contributed by atoms with Gasteiger partial charge < -0.3 is 15.4 Å². The van der Waals surface area contributed by atoms with Crippen LogP contribution in [0.1, 0.15) is 16.1 Å². The number of carbonyl (C=O) groups excluding carboxylic acids is 1. The number of amides is 1. The van der Waals surface area contributed by atoms with Gasteiger partial charge in [0.05, 0.1) is 12.8 Å². The normalized spacial score (nSPS) is 10.2. The molecule has 1 amide bonds. The molecule has 0 saturated heterocycles. The Morgan fingerprint density at radius 2 is 1.92 bits per heavy atom. The van der Waals surface area contributed by atoms with E-state index in [1.165, 1.54) is 13.4 Å². The number of nitrogens with zero attached hydrogens (tertiary/aromatic N) is 2. The smallest absolute Gasteiger partial charge is 0.274 e. The van der Waals surface area contributed by atoms with Crippen LogP contribution in [0, 0.1) is 0 Å². The minimum Gasteiger partial charge on any atom is -0.495 e. The van der Waals surface area contributed by atoms with E-state index in [2.05, 4.69) is 20.6 Å². The molecule has 0 spiro atoms. The topological polar surface area (TPSA) is 76.1 Å². The minimum absolute atomic E-state index is 0.234. The van der Waals surface area contributed by atoms with Gasteiger partial charge in [-0.1, -0.05) is 41.9 Å². The Labute approximate surface area is 156 Å². The van der Waals surface area contributed by atoms with Crippen LogP contribution >= 0.6 is 11.6 Å². The second kappa shape index (κ2) is 8.31. The Kier molecular flexibility index (Phi) is 5.66. The molecular weight excluding hydrogens is 352 g/mol. The SMILES string of the molecule is COc1ccc(Cl)cc1NC(=O)c1cc(NCc2ccccc2)ncn1. The van der Waals surface area contributed by atoms with Crippen LogP contribution < -0.4 is 15.4 Å². The van der Waals surface area contributed by atoms with Gasteiger partial charge in [-0.15, -0.1) is 0 Å². The van der Waals surface area contributed by atoms with Crippen molar-refractivity contribution in [3.8, 4) is 5.75 Å². The Balaban J connectivity index is 1.71. The molecule has 0 unspecified atom stereocenters. The molecule has 0 aliphatic rings. The van der Waals surface area contributed by atoms with Crippen molar-refractivity contribution in [3.63, 3.8) is 0 Å². The third kappa shape index (κ3) is 4.49. The molecule has 0 radical (unpaired) electrons. The highest BCUT2D eigenvalue weighted by atomic mass is 35.5. The fraction of sp³-hybridized carbons (Fsp3) is 0.105. The largest absolute Gasteiger partial charge is 0.495 e. The number of benzene rings is 2. The predicted octanol–water partition coefficient (Wildman–Crippen LogP) is 4.00. The number of hydrogen-bond acceptors (Lipinski definition) is 5. The summed E-state index contributed by atoms with van der Waals surface area (Å²) in [4.78, 5) is 20.7. The number of aromatic nitrogens is 2. The highest BCUT2D eigenvalue weighted by Gasteiger charge is 2.12. The molecule has 3 rings (SSSR count). The molecule has 0 aliphatic heterocycles. The standard InChI is InChI=1S/C19H17ClN4O2/c1-26-17-8-7-14(20)9-15(17)24-19(25)16-10-18(23-12-22-16)21-11-13-5-3-2-4-6-13/h2-10,12H,11H2,1H3,(H,24,25)(H,21,22,23). The maximum Gasteiger partial charge on any atom is 0.274 e. The van der Waals surface area contributed by atoms with Gasteiger partial charge in [0.1, 0.15) is 23.6 Å². The number of anilines is 2. The first kappa shape index (κ1) is 17.7. The van der Waals surface area contributed by atoms with Gasteiger partial charge in [0.15, 0.2) is 0 Å². The van der Waals surface area contributed by atoms with Gasteiger partial charge in [-0.25, -0.2) is 9.97 Å². The summed E-state index contributed by atoms with van der Waals surface area (Å²) in [5, 5.41) is 6.42. The lowest BCUT2D eigenvalue weighted by atomic mass is 10.2. The molecule has 6 nitrogen and oxygen atoms in total. The van der Waals surface area contributed by atoms with E-state index in [1.54, 1.807) is 24.3 Å². The van der Waals surface area contributed by atoms with E-state index < -0.39 is 0 Å². The van der Waals surface area contributed by atoms with Crippen LogP contribution in [0.5, 0.6) is 5.75 Å². The number of rotatable bonds is 6. The number of hydrogen-bond donors (Lipinski definition) is 2.